The predicted octanol–water partition coefficient (Wildman–Crippen LogP) is -1.01. The van der Waals surface area contributed by atoms with Gasteiger partial charge < -0.3 is 10.0 Å². The summed E-state index contributed by atoms with van der Waals surface area (Å²) in [6, 6.07) is -1.04. The van der Waals surface area contributed by atoms with Crippen molar-refractivity contribution in [3.8, 4) is 0 Å². The van der Waals surface area contributed by atoms with Crippen molar-refractivity contribution in [3.05, 3.63) is 0 Å². The van der Waals surface area contributed by atoms with Crippen LogP contribution in [-0.4, -0.2) is 67.1 Å². The third-order valence-corrected chi connectivity index (χ3v) is 4.95. The van der Waals surface area contributed by atoms with Crippen LogP contribution in [0.1, 0.15) is 20.8 Å². The first-order valence-corrected chi connectivity index (χ1v) is 8.06. The lowest BCUT2D eigenvalue weighted by atomic mass is 10.1. The fourth-order valence-corrected chi connectivity index (χ4v) is 3.94. The largest absolute Gasteiger partial charge is 0.390 e. The van der Waals surface area contributed by atoms with E-state index in [9.17, 15) is 18.3 Å². The summed E-state index contributed by atoms with van der Waals surface area (Å²) in [5.74, 6) is -0.405. The molecular formula is C11H22N2O4S. The lowest BCUT2D eigenvalue weighted by molar-refractivity contribution is -0.132. The average molecular weight is 278 g/mol. The Morgan fingerprint density at radius 1 is 1.39 bits per heavy atom. The van der Waals surface area contributed by atoms with E-state index in [-0.39, 0.29) is 17.4 Å². The highest BCUT2D eigenvalue weighted by molar-refractivity contribution is 7.91. The molecule has 7 heteroatoms. The number of aliphatic hydroxyl groups excluding tert-OH is 1. The lowest BCUT2D eigenvalue weighted by Gasteiger charge is -2.26. The van der Waals surface area contributed by atoms with E-state index in [4.69, 9.17) is 0 Å². The zero-order valence-electron chi connectivity index (χ0n) is 11.1. The molecule has 0 aliphatic carbocycles. The van der Waals surface area contributed by atoms with Gasteiger partial charge in [-0.15, -0.1) is 0 Å². The van der Waals surface area contributed by atoms with E-state index in [0.717, 1.165) is 0 Å². The van der Waals surface area contributed by atoms with Gasteiger partial charge in [0.1, 0.15) is 0 Å². The van der Waals surface area contributed by atoms with Gasteiger partial charge in [0.2, 0.25) is 5.91 Å². The molecule has 1 saturated heterocycles. The Hall–Kier alpha value is -0.660. The second-order valence-corrected chi connectivity index (χ2v) is 6.80. The molecule has 0 spiro atoms. The van der Waals surface area contributed by atoms with E-state index < -0.39 is 28.0 Å². The lowest BCUT2D eigenvalue weighted by Crippen LogP contribution is -2.51. The van der Waals surface area contributed by atoms with Crippen LogP contribution in [0.15, 0.2) is 0 Å². The summed E-state index contributed by atoms with van der Waals surface area (Å²) in [7, 11) is -3.18. The van der Waals surface area contributed by atoms with E-state index in [1.807, 2.05) is 13.8 Å². The highest BCUT2D eigenvalue weighted by Gasteiger charge is 2.37. The summed E-state index contributed by atoms with van der Waals surface area (Å²) in [5, 5.41) is 12.6. The molecule has 3 atom stereocenters. The Morgan fingerprint density at radius 3 is 2.33 bits per heavy atom. The number of carbonyl (C=O) groups is 1. The number of hydrogen-bond acceptors (Lipinski definition) is 5. The van der Waals surface area contributed by atoms with Crippen LogP contribution in [0.5, 0.6) is 0 Å². The van der Waals surface area contributed by atoms with Gasteiger partial charge in [-0.1, -0.05) is 0 Å². The zero-order valence-corrected chi connectivity index (χ0v) is 11.9. The van der Waals surface area contributed by atoms with Crippen LogP contribution in [-0.2, 0) is 14.6 Å². The maximum absolute atomic E-state index is 12.0. The standard InChI is InChI=1S/C11H22N2O4S/c1-4-13(5-2)11(15)8(3)12-9-6-18(16,17)7-10(9)14/h8-10,12,14H,4-7H2,1-3H3. The number of amides is 1. The van der Waals surface area contributed by atoms with Crippen LogP contribution in [0.25, 0.3) is 0 Å². The van der Waals surface area contributed by atoms with Gasteiger partial charge in [-0.3, -0.25) is 10.1 Å². The minimum Gasteiger partial charge on any atom is -0.390 e. The highest BCUT2D eigenvalue weighted by Crippen LogP contribution is 2.13. The molecular weight excluding hydrogens is 256 g/mol. The summed E-state index contributed by atoms with van der Waals surface area (Å²) in [5.41, 5.74) is 0. The molecule has 3 unspecified atom stereocenters. The number of rotatable bonds is 5. The van der Waals surface area contributed by atoms with E-state index in [1.54, 1.807) is 11.8 Å². The fraction of sp³-hybridized carbons (Fsp3) is 0.909. The van der Waals surface area contributed by atoms with Crippen LogP contribution in [0.2, 0.25) is 0 Å². The van der Waals surface area contributed by atoms with Crippen molar-refractivity contribution in [1.82, 2.24) is 10.2 Å². The summed E-state index contributed by atoms with van der Waals surface area (Å²) >= 11 is 0. The summed E-state index contributed by atoms with van der Waals surface area (Å²) < 4.78 is 22.7. The third kappa shape index (κ3) is 3.66. The van der Waals surface area contributed by atoms with Gasteiger partial charge in [-0.05, 0) is 20.8 Å². The van der Waals surface area contributed by atoms with E-state index in [1.165, 1.54) is 0 Å². The molecule has 1 aliphatic heterocycles. The highest BCUT2D eigenvalue weighted by atomic mass is 32.2. The van der Waals surface area contributed by atoms with E-state index in [0.29, 0.717) is 13.1 Å². The average Bonchev–Trinajstić information content (AvgIpc) is 2.53. The maximum atomic E-state index is 12.0. The molecule has 106 valence electrons. The summed E-state index contributed by atoms with van der Waals surface area (Å²) in [6.07, 6.45) is -0.929. The molecule has 0 aromatic rings. The van der Waals surface area contributed by atoms with Crippen LogP contribution in [0.3, 0.4) is 0 Å². The van der Waals surface area contributed by atoms with Crippen LogP contribution < -0.4 is 5.32 Å². The number of nitrogens with one attached hydrogen (secondary N) is 1. The minimum absolute atomic E-state index is 0.0727. The van der Waals surface area contributed by atoms with Crippen LogP contribution in [0.4, 0.5) is 0 Å². The van der Waals surface area contributed by atoms with Crippen molar-refractivity contribution in [2.45, 2.75) is 39.0 Å². The molecule has 1 amide bonds. The minimum atomic E-state index is -3.18. The molecule has 1 aliphatic rings. The fourth-order valence-electron chi connectivity index (χ4n) is 2.19. The second-order valence-electron chi connectivity index (χ2n) is 4.65. The smallest absolute Gasteiger partial charge is 0.239 e. The number of likely N-dealkylation sites (N-methyl/N-ethyl adjacent to an activating group) is 1. The molecule has 0 aromatic heterocycles. The maximum Gasteiger partial charge on any atom is 0.239 e. The first-order chi connectivity index (χ1) is 8.30. The van der Waals surface area contributed by atoms with Crippen molar-refractivity contribution >= 4 is 15.7 Å². The normalized spacial score (nSPS) is 28.0. The molecule has 18 heavy (non-hydrogen) atoms. The summed E-state index contributed by atoms with van der Waals surface area (Å²) in [6.45, 7) is 6.71. The molecule has 0 saturated carbocycles. The van der Waals surface area contributed by atoms with Crippen molar-refractivity contribution in [2.75, 3.05) is 24.6 Å². The van der Waals surface area contributed by atoms with E-state index in [2.05, 4.69) is 5.32 Å². The van der Waals surface area contributed by atoms with Gasteiger partial charge in [0, 0.05) is 19.1 Å². The molecule has 1 rings (SSSR count). The topological polar surface area (TPSA) is 86.7 Å². The van der Waals surface area contributed by atoms with Crippen molar-refractivity contribution in [1.29, 1.82) is 0 Å². The first-order valence-electron chi connectivity index (χ1n) is 6.24. The number of sulfone groups is 1. The number of nitrogens with zero attached hydrogens (tertiary/aromatic N) is 1. The molecule has 1 fully saturated rings. The van der Waals surface area contributed by atoms with Gasteiger partial charge in [0.15, 0.2) is 9.84 Å². The van der Waals surface area contributed by atoms with Crippen LogP contribution >= 0.6 is 0 Å². The Bertz CT molecular complexity index is 392. The molecule has 0 bridgehead atoms. The zero-order chi connectivity index (χ0) is 13.9. The molecule has 1 heterocycles. The first kappa shape index (κ1) is 15.4. The number of hydrogen-bond donors (Lipinski definition) is 2. The quantitative estimate of drug-likeness (QED) is 0.673. The van der Waals surface area contributed by atoms with Gasteiger partial charge in [0.25, 0.3) is 0 Å². The van der Waals surface area contributed by atoms with E-state index >= 15 is 0 Å². The monoisotopic (exact) mass is 278 g/mol. The Balaban J connectivity index is 2.60. The molecule has 6 nitrogen and oxygen atoms in total. The second kappa shape index (κ2) is 5.99. The van der Waals surface area contributed by atoms with Crippen molar-refractivity contribution in [2.24, 2.45) is 0 Å². The molecule has 2 N–H and O–H groups in total. The van der Waals surface area contributed by atoms with Gasteiger partial charge >= 0.3 is 0 Å². The Morgan fingerprint density at radius 2 is 1.94 bits per heavy atom. The van der Waals surface area contributed by atoms with Gasteiger partial charge in [-0.2, -0.15) is 0 Å². The molecule has 0 radical (unpaired) electrons. The third-order valence-electron chi connectivity index (χ3n) is 3.23. The van der Waals surface area contributed by atoms with Crippen molar-refractivity contribution < 1.29 is 18.3 Å². The summed E-state index contributed by atoms with van der Waals surface area (Å²) in [4.78, 5) is 13.7. The Labute approximate surface area is 108 Å². The van der Waals surface area contributed by atoms with Crippen LogP contribution in [0, 0.1) is 0 Å². The van der Waals surface area contributed by atoms with Crippen molar-refractivity contribution in [3.63, 3.8) is 0 Å². The Kier molecular flexibility index (Phi) is 5.12. The predicted molar refractivity (Wildman–Crippen MR) is 69.0 cm³/mol. The SMILES string of the molecule is CCN(CC)C(=O)C(C)NC1CS(=O)(=O)CC1O. The number of carbonyl (C=O) groups excluding carboxylic acids is 1. The molecule has 0 aromatic carbocycles. The van der Waals surface area contributed by atoms with Gasteiger partial charge in [-0.25, -0.2) is 8.42 Å². The number of aliphatic hydroxyl groups is 1. The van der Waals surface area contributed by atoms with Gasteiger partial charge in [0.05, 0.1) is 23.7 Å².